The molecule has 0 fully saturated rings. The van der Waals surface area contributed by atoms with Gasteiger partial charge in [0.25, 0.3) is 0 Å². The first-order chi connectivity index (χ1) is 6.10. The quantitative estimate of drug-likeness (QED) is 0.715. The normalized spacial score (nSPS) is 11.4. The van der Waals surface area contributed by atoms with Crippen LogP contribution in [0.15, 0.2) is 12.4 Å². The average Bonchev–Trinajstić information content (AvgIpc) is 2.18. The highest BCUT2D eigenvalue weighted by Gasteiger charge is 2.19. The molecule has 1 aromatic heterocycles. The Hall–Kier alpha value is -1.12. The Labute approximate surface area is 79.2 Å². The van der Waals surface area contributed by atoms with Gasteiger partial charge in [-0.15, -0.1) is 0 Å². The van der Waals surface area contributed by atoms with E-state index in [1.165, 1.54) is 0 Å². The molecule has 0 bridgehead atoms. The molecule has 0 aliphatic carbocycles. The Bertz CT molecular complexity index is 267. The number of methoxy groups -OCH3 is 1. The summed E-state index contributed by atoms with van der Waals surface area (Å²) in [5, 5.41) is 0. The van der Waals surface area contributed by atoms with Gasteiger partial charge in [-0.05, 0) is 6.42 Å². The van der Waals surface area contributed by atoms with Crippen molar-refractivity contribution in [1.82, 2.24) is 9.97 Å². The van der Waals surface area contributed by atoms with Crippen LogP contribution in [0, 0.1) is 0 Å². The maximum absolute atomic E-state index is 4.94. The Balaban J connectivity index is 2.92. The van der Waals surface area contributed by atoms with E-state index < -0.39 is 0 Å². The van der Waals surface area contributed by atoms with Crippen LogP contribution in [-0.4, -0.2) is 17.1 Å². The van der Waals surface area contributed by atoms with Gasteiger partial charge in [-0.25, -0.2) is 4.98 Å². The van der Waals surface area contributed by atoms with Crippen LogP contribution in [0.4, 0.5) is 0 Å². The van der Waals surface area contributed by atoms with Crippen molar-refractivity contribution in [2.45, 2.75) is 32.6 Å². The van der Waals surface area contributed by atoms with Gasteiger partial charge in [0.05, 0.1) is 25.2 Å². The predicted molar refractivity (Wildman–Crippen MR) is 51.9 cm³/mol. The van der Waals surface area contributed by atoms with Crippen LogP contribution < -0.4 is 4.74 Å². The van der Waals surface area contributed by atoms with Crippen LogP contribution in [0.2, 0.25) is 0 Å². The van der Waals surface area contributed by atoms with E-state index in [2.05, 4.69) is 30.7 Å². The van der Waals surface area contributed by atoms with Crippen molar-refractivity contribution in [2.75, 3.05) is 7.11 Å². The zero-order valence-electron chi connectivity index (χ0n) is 8.66. The Morgan fingerprint density at radius 3 is 2.38 bits per heavy atom. The molecule has 0 radical (unpaired) electrons. The van der Waals surface area contributed by atoms with E-state index in [4.69, 9.17) is 4.74 Å². The lowest BCUT2D eigenvalue weighted by Crippen LogP contribution is -2.17. The molecule has 0 aliphatic rings. The molecular weight excluding hydrogens is 164 g/mol. The molecule has 0 aromatic carbocycles. The van der Waals surface area contributed by atoms with Gasteiger partial charge in [0, 0.05) is 5.41 Å². The topological polar surface area (TPSA) is 35.0 Å². The van der Waals surface area contributed by atoms with E-state index in [1.54, 1.807) is 19.5 Å². The molecule has 3 nitrogen and oxygen atoms in total. The number of ether oxygens (including phenoxy) is 1. The molecule has 3 heteroatoms. The lowest BCUT2D eigenvalue weighted by molar-refractivity contribution is 0.392. The van der Waals surface area contributed by atoms with Crippen LogP contribution >= 0.6 is 0 Å². The monoisotopic (exact) mass is 180 g/mol. The van der Waals surface area contributed by atoms with Crippen LogP contribution in [-0.2, 0) is 5.41 Å². The highest BCUT2D eigenvalue weighted by Crippen LogP contribution is 2.24. The van der Waals surface area contributed by atoms with Gasteiger partial charge in [0.1, 0.15) is 0 Å². The molecule has 0 spiro atoms. The van der Waals surface area contributed by atoms with Gasteiger partial charge in [-0.1, -0.05) is 20.8 Å². The summed E-state index contributed by atoms with van der Waals surface area (Å²) in [7, 11) is 1.59. The second-order valence-corrected chi connectivity index (χ2v) is 3.68. The minimum absolute atomic E-state index is 0.0965. The van der Waals surface area contributed by atoms with E-state index in [1.807, 2.05) is 0 Å². The maximum atomic E-state index is 4.94. The smallest absolute Gasteiger partial charge is 0.231 e. The zero-order chi connectivity index (χ0) is 9.90. The van der Waals surface area contributed by atoms with E-state index in [9.17, 15) is 0 Å². The van der Waals surface area contributed by atoms with E-state index in [0.29, 0.717) is 5.88 Å². The number of rotatable bonds is 3. The number of hydrogen-bond donors (Lipinski definition) is 0. The molecule has 0 atom stereocenters. The third-order valence-electron chi connectivity index (χ3n) is 2.41. The number of nitrogens with zero attached hydrogens (tertiary/aromatic N) is 2. The average molecular weight is 180 g/mol. The van der Waals surface area contributed by atoms with Gasteiger partial charge in [-0.2, -0.15) is 0 Å². The fourth-order valence-corrected chi connectivity index (χ4v) is 0.952. The van der Waals surface area contributed by atoms with Crippen molar-refractivity contribution >= 4 is 0 Å². The molecule has 0 aliphatic heterocycles. The van der Waals surface area contributed by atoms with E-state index in [0.717, 1.165) is 12.1 Å². The highest BCUT2D eigenvalue weighted by molar-refractivity contribution is 5.14. The largest absolute Gasteiger partial charge is 0.480 e. The second kappa shape index (κ2) is 3.73. The molecule has 0 amide bonds. The van der Waals surface area contributed by atoms with Gasteiger partial charge < -0.3 is 4.74 Å². The van der Waals surface area contributed by atoms with Crippen molar-refractivity contribution in [1.29, 1.82) is 0 Å². The summed E-state index contributed by atoms with van der Waals surface area (Å²) in [5.41, 5.74) is 1.11. The molecule has 13 heavy (non-hydrogen) atoms. The van der Waals surface area contributed by atoms with E-state index in [-0.39, 0.29) is 5.41 Å². The molecule has 0 N–H and O–H groups in total. The standard InChI is InChI=1S/C10H16N2O/c1-5-10(2,3)8-6-12-9(13-4)7-11-8/h6-7H,5H2,1-4H3. The second-order valence-electron chi connectivity index (χ2n) is 3.68. The summed E-state index contributed by atoms with van der Waals surface area (Å²) >= 11 is 0. The van der Waals surface area contributed by atoms with E-state index >= 15 is 0 Å². The van der Waals surface area contributed by atoms with Crippen LogP contribution in [0.1, 0.15) is 32.9 Å². The fraction of sp³-hybridized carbons (Fsp3) is 0.600. The highest BCUT2D eigenvalue weighted by atomic mass is 16.5. The summed E-state index contributed by atoms with van der Waals surface area (Å²) in [6.45, 7) is 6.46. The molecule has 1 heterocycles. The molecule has 1 aromatic rings. The third kappa shape index (κ3) is 2.17. The van der Waals surface area contributed by atoms with Gasteiger partial charge in [0.2, 0.25) is 5.88 Å². The Morgan fingerprint density at radius 1 is 1.31 bits per heavy atom. The van der Waals surface area contributed by atoms with Gasteiger partial charge >= 0.3 is 0 Å². The number of hydrogen-bond acceptors (Lipinski definition) is 3. The summed E-state index contributed by atoms with van der Waals surface area (Å²) < 4.78 is 4.94. The first-order valence-electron chi connectivity index (χ1n) is 4.46. The van der Waals surface area contributed by atoms with Crippen molar-refractivity contribution in [3.8, 4) is 5.88 Å². The number of aromatic nitrogens is 2. The van der Waals surface area contributed by atoms with Gasteiger partial charge in [-0.3, -0.25) is 4.98 Å². The minimum atomic E-state index is 0.0965. The molecule has 1 rings (SSSR count). The summed E-state index contributed by atoms with van der Waals surface area (Å²) in [6.07, 6.45) is 4.49. The van der Waals surface area contributed by atoms with Crippen molar-refractivity contribution in [2.24, 2.45) is 0 Å². The predicted octanol–water partition coefficient (Wildman–Crippen LogP) is 2.17. The van der Waals surface area contributed by atoms with Crippen molar-refractivity contribution in [3.63, 3.8) is 0 Å². The summed E-state index contributed by atoms with van der Waals surface area (Å²) in [5.74, 6) is 0.565. The third-order valence-corrected chi connectivity index (χ3v) is 2.41. The molecule has 0 unspecified atom stereocenters. The van der Waals surface area contributed by atoms with Crippen molar-refractivity contribution < 1.29 is 4.74 Å². The maximum Gasteiger partial charge on any atom is 0.231 e. The zero-order valence-corrected chi connectivity index (χ0v) is 8.66. The van der Waals surface area contributed by atoms with Crippen LogP contribution in [0.3, 0.4) is 0 Å². The summed E-state index contributed by atoms with van der Waals surface area (Å²) in [4.78, 5) is 8.43. The lowest BCUT2D eigenvalue weighted by atomic mass is 9.87. The van der Waals surface area contributed by atoms with Gasteiger partial charge in [0.15, 0.2) is 0 Å². The van der Waals surface area contributed by atoms with Crippen molar-refractivity contribution in [3.05, 3.63) is 18.1 Å². The fourth-order valence-electron chi connectivity index (χ4n) is 0.952. The Kier molecular flexibility index (Phi) is 2.86. The molecular formula is C10H16N2O. The molecule has 72 valence electrons. The molecule has 0 saturated heterocycles. The first-order valence-corrected chi connectivity index (χ1v) is 4.46. The van der Waals surface area contributed by atoms with Crippen LogP contribution in [0.5, 0.6) is 5.88 Å². The minimum Gasteiger partial charge on any atom is -0.480 e. The first kappa shape index (κ1) is 9.96. The summed E-state index contributed by atoms with van der Waals surface area (Å²) in [6, 6.07) is 0. The Morgan fingerprint density at radius 2 is 2.00 bits per heavy atom. The molecule has 0 saturated carbocycles. The van der Waals surface area contributed by atoms with Crippen LogP contribution in [0.25, 0.3) is 0 Å². The lowest BCUT2D eigenvalue weighted by Gasteiger charge is -2.21. The SMILES string of the molecule is CCC(C)(C)c1cnc(OC)cn1.